The van der Waals surface area contributed by atoms with Crippen molar-refractivity contribution in [3.8, 4) is 0 Å². The highest BCUT2D eigenvalue weighted by Crippen LogP contribution is 2.60. The number of carbonyl (C=O) groups is 1. The Labute approximate surface area is 134 Å². The van der Waals surface area contributed by atoms with E-state index in [1.807, 2.05) is 25.7 Å². The van der Waals surface area contributed by atoms with Gasteiger partial charge in [0.05, 0.1) is 6.10 Å². The number of rotatable bonds is 1. The molecule has 0 unspecified atom stereocenters. The van der Waals surface area contributed by atoms with E-state index in [0.29, 0.717) is 23.3 Å². The van der Waals surface area contributed by atoms with Crippen LogP contribution in [0, 0.1) is 17.3 Å². The van der Waals surface area contributed by atoms with Crippen molar-refractivity contribution < 1.29 is 14.6 Å². The van der Waals surface area contributed by atoms with Crippen LogP contribution < -0.4 is 0 Å². The summed E-state index contributed by atoms with van der Waals surface area (Å²) in [5, 5.41) is 9.56. The molecule has 4 nitrogen and oxygen atoms in total. The quantitative estimate of drug-likeness (QED) is 0.805. The highest BCUT2D eigenvalue weighted by molar-refractivity contribution is 5.68. The van der Waals surface area contributed by atoms with Crippen molar-refractivity contribution in [1.29, 1.82) is 0 Å². The maximum atomic E-state index is 12.6. The number of piperidine rings is 1. The summed E-state index contributed by atoms with van der Waals surface area (Å²) < 4.78 is 5.63. The summed E-state index contributed by atoms with van der Waals surface area (Å²) in [6, 6.07) is 0.342. The minimum atomic E-state index is -0.429. The van der Waals surface area contributed by atoms with Crippen molar-refractivity contribution in [2.24, 2.45) is 17.3 Å². The van der Waals surface area contributed by atoms with Gasteiger partial charge in [-0.1, -0.05) is 6.92 Å². The van der Waals surface area contributed by atoms with E-state index in [4.69, 9.17) is 4.74 Å². The Hall–Kier alpha value is -0.770. The fraction of sp³-hybridized carbons (Fsp3) is 0.944. The van der Waals surface area contributed by atoms with E-state index in [9.17, 15) is 9.90 Å². The van der Waals surface area contributed by atoms with Crippen LogP contribution >= 0.6 is 0 Å². The van der Waals surface area contributed by atoms with E-state index in [0.717, 1.165) is 25.8 Å². The molecule has 1 amide bonds. The van der Waals surface area contributed by atoms with Crippen LogP contribution in [0.4, 0.5) is 4.79 Å². The predicted octanol–water partition coefficient (Wildman–Crippen LogP) is 3.57. The first-order chi connectivity index (χ1) is 10.2. The molecule has 2 atom stereocenters. The zero-order chi connectivity index (χ0) is 16.1. The molecule has 1 heterocycles. The van der Waals surface area contributed by atoms with Crippen LogP contribution in [0.3, 0.4) is 0 Å². The van der Waals surface area contributed by atoms with Gasteiger partial charge in [-0.2, -0.15) is 0 Å². The minimum Gasteiger partial charge on any atom is -0.444 e. The van der Waals surface area contributed by atoms with Crippen LogP contribution in [0.2, 0.25) is 0 Å². The molecule has 0 bridgehead atoms. The Morgan fingerprint density at radius 1 is 1.18 bits per heavy atom. The molecule has 1 aliphatic heterocycles. The van der Waals surface area contributed by atoms with Gasteiger partial charge in [0.15, 0.2) is 0 Å². The number of amides is 1. The lowest BCUT2D eigenvalue weighted by Gasteiger charge is -2.60. The molecule has 3 rings (SSSR count). The average molecular weight is 309 g/mol. The number of ether oxygens (including phenoxy) is 1. The lowest BCUT2D eigenvalue weighted by Crippen LogP contribution is -2.59. The molecule has 0 aromatic carbocycles. The third kappa shape index (κ3) is 3.12. The molecular formula is C18H31NO3. The van der Waals surface area contributed by atoms with E-state index >= 15 is 0 Å². The second-order valence-electron chi connectivity index (χ2n) is 9.11. The molecule has 126 valence electrons. The predicted molar refractivity (Wildman–Crippen MR) is 85.5 cm³/mol. The fourth-order valence-electron chi connectivity index (χ4n) is 4.79. The molecule has 0 aromatic heterocycles. The molecule has 3 aliphatic rings. The van der Waals surface area contributed by atoms with Gasteiger partial charge in [0.1, 0.15) is 5.60 Å². The van der Waals surface area contributed by atoms with Crippen LogP contribution in [0.1, 0.15) is 66.2 Å². The van der Waals surface area contributed by atoms with Gasteiger partial charge in [0.25, 0.3) is 0 Å². The maximum absolute atomic E-state index is 12.6. The maximum Gasteiger partial charge on any atom is 0.410 e. The van der Waals surface area contributed by atoms with Gasteiger partial charge in [0.2, 0.25) is 0 Å². The molecule has 0 aromatic rings. The smallest absolute Gasteiger partial charge is 0.410 e. The summed E-state index contributed by atoms with van der Waals surface area (Å²) >= 11 is 0. The highest BCUT2D eigenvalue weighted by Gasteiger charge is 2.55. The zero-order valence-electron chi connectivity index (χ0n) is 14.5. The summed E-state index contributed by atoms with van der Waals surface area (Å²) in [5.74, 6) is 1.16. The largest absolute Gasteiger partial charge is 0.444 e. The summed E-state index contributed by atoms with van der Waals surface area (Å²) in [6.45, 7) is 8.84. The lowest BCUT2D eigenvalue weighted by molar-refractivity contribution is -0.133. The molecule has 0 radical (unpaired) electrons. The first-order valence-corrected chi connectivity index (χ1v) is 8.85. The molecule has 3 fully saturated rings. The van der Waals surface area contributed by atoms with Crippen LogP contribution in [-0.2, 0) is 4.74 Å². The van der Waals surface area contributed by atoms with Crippen molar-refractivity contribution in [2.75, 3.05) is 6.54 Å². The van der Waals surface area contributed by atoms with E-state index in [1.165, 1.54) is 19.3 Å². The Balaban J connectivity index is 1.62. The molecular weight excluding hydrogens is 278 g/mol. The van der Waals surface area contributed by atoms with Crippen LogP contribution in [0.25, 0.3) is 0 Å². The second-order valence-corrected chi connectivity index (χ2v) is 9.11. The number of aliphatic hydroxyl groups is 1. The highest BCUT2D eigenvalue weighted by atomic mass is 16.6. The summed E-state index contributed by atoms with van der Waals surface area (Å²) in [4.78, 5) is 14.6. The Morgan fingerprint density at radius 3 is 2.36 bits per heavy atom. The van der Waals surface area contributed by atoms with E-state index < -0.39 is 5.60 Å². The monoisotopic (exact) mass is 309 g/mol. The molecule has 2 aliphatic carbocycles. The van der Waals surface area contributed by atoms with Gasteiger partial charge < -0.3 is 14.7 Å². The summed E-state index contributed by atoms with van der Waals surface area (Å²) in [6.07, 6.45) is 6.40. The molecule has 4 heteroatoms. The van der Waals surface area contributed by atoms with Crippen molar-refractivity contribution in [3.63, 3.8) is 0 Å². The van der Waals surface area contributed by atoms with Gasteiger partial charge in [0, 0.05) is 12.6 Å². The minimum absolute atomic E-state index is 0.0747. The SMILES string of the molecule is C[C@@H]1CC[C@@H](C2CC3(CC(O)C3)C2)N(C(=O)OC(C)(C)C)C1. The van der Waals surface area contributed by atoms with Crippen molar-refractivity contribution in [3.05, 3.63) is 0 Å². The second kappa shape index (κ2) is 5.40. The Kier molecular flexibility index (Phi) is 3.95. The third-order valence-corrected chi connectivity index (χ3v) is 5.76. The normalized spacial score (nSPS) is 41.8. The molecule has 2 saturated carbocycles. The van der Waals surface area contributed by atoms with E-state index in [-0.39, 0.29) is 12.2 Å². The molecule has 1 spiro atoms. The van der Waals surface area contributed by atoms with Crippen LogP contribution in [0.15, 0.2) is 0 Å². The number of hydrogen-bond acceptors (Lipinski definition) is 3. The fourth-order valence-corrected chi connectivity index (χ4v) is 4.79. The van der Waals surface area contributed by atoms with Gasteiger partial charge in [-0.15, -0.1) is 0 Å². The van der Waals surface area contributed by atoms with Crippen LogP contribution in [0.5, 0.6) is 0 Å². The molecule has 1 saturated heterocycles. The van der Waals surface area contributed by atoms with Crippen molar-refractivity contribution in [1.82, 2.24) is 4.90 Å². The molecule has 22 heavy (non-hydrogen) atoms. The first-order valence-electron chi connectivity index (χ1n) is 8.85. The van der Waals surface area contributed by atoms with Gasteiger partial charge in [-0.25, -0.2) is 4.79 Å². The third-order valence-electron chi connectivity index (χ3n) is 5.76. The van der Waals surface area contributed by atoms with Gasteiger partial charge >= 0.3 is 6.09 Å². The standard InChI is InChI=1S/C18H31NO3/c1-12-5-6-15(13-7-18(8-13)9-14(20)10-18)19(11-12)16(21)22-17(2,3)4/h12-15,20H,5-11H2,1-4H3/t12-,13?,14?,15+,18?/m1/s1. The lowest BCUT2D eigenvalue weighted by atomic mass is 9.49. The first kappa shape index (κ1) is 16.1. The topological polar surface area (TPSA) is 49.8 Å². The zero-order valence-corrected chi connectivity index (χ0v) is 14.5. The summed E-state index contributed by atoms with van der Waals surface area (Å²) in [5.41, 5.74) is -0.0199. The summed E-state index contributed by atoms with van der Waals surface area (Å²) in [7, 11) is 0. The van der Waals surface area contributed by atoms with Gasteiger partial charge in [-0.05, 0) is 76.5 Å². The Bertz CT molecular complexity index is 428. The number of aliphatic hydroxyl groups excluding tert-OH is 1. The van der Waals surface area contributed by atoms with Crippen LogP contribution in [-0.4, -0.2) is 40.4 Å². The number of carbonyl (C=O) groups excluding carboxylic acids is 1. The van der Waals surface area contributed by atoms with Gasteiger partial charge in [-0.3, -0.25) is 0 Å². The number of likely N-dealkylation sites (tertiary alicyclic amines) is 1. The van der Waals surface area contributed by atoms with E-state index in [1.54, 1.807) is 0 Å². The van der Waals surface area contributed by atoms with Crippen molar-refractivity contribution >= 4 is 6.09 Å². The molecule has 1 N–H and O–H groups in total. The number of nitrogens with zero attached hydrogens (tertiary/aromatic N) is 1. The Morgan fingerprint density at radius 2 is 1.82 bits per heavy atom. The number of hydrogen-bond donors (Lipinski definition) is 1. The average Bonchev–Trinajstić information content (AvgIpc) is 2.30. The van der Waals surface area contributed by atoms with E-state index in [2.05, 4.69) is 6.92 Å². The van der Waals surface area contributed by atoms with Crippen molar-refractivity contribution in [2.45, 2.75) is 84.0 Å².